The standard InChI is InChI=1S/C14H17NOS/c1-11-4-2-3-5-13(11)14(16)9-15-8-12-6-7-17-10-12/h2-7,10,14-16H,8-9H2,1H3. The van der Waals surface area contributed by atoms with E-state index in [1.807, 2.05) is 31.2 Å². The van der Waals surface area contributed by atoms with Crippen LogP contribution < -0.4 is 5.32 Å². The zero-order valence-corrected chi connectivity index (χ0v) is 10.7. The van der Waals surface area contributed by atoms with Crippen LogP contribution in [0.2, 0.25) is 0 Å². The Morgan fingerprint density at radius 3 is 2.82 bits per heavy atom. The van der Waals surface area contributed by atoms with Gasteiger partial charge in [0.1, 0.15) is 0 Å². The van der Waals surface area contributed by atoms with E-state index in [-0.39, 0.29) is 0 Å². The van der Waals surface area contributed by atoms with Gasteiger partial charge < -0.3 is 10.4 Å². The first-order chi connectivity index (χ1) is 8.27. The number of aliphatic hydroxyl groups excluding tert-OH is 1. The minimum atomic E-state index is -0.435. The zero-order chi connectivity index (χ0) is 12.1. The third-order valence-electron chi connectivity index (χ3n) is 2.79. The second-order valence-corrected chi connectivity index (χ2v) is 4.91. The van der Waals surface area contributed by atoms with Crippen LogP contribution in [0.4, 0.5) is 0 Å². The van der Waals surface area contributed by atoms with Crippen molar-refractivity contribution < 1.29 is 5.11 Å². The summed E-state index contributed by atoms with van der Waals surface area (Å²) in [6.45, 7) is 3.42. The Labute approximate surface area is 106 Å². The fraction of sp³-hybridized carbons (Fsp3) is 0.286. The highest BCUT2D eigenvalue weighted by Crippen LogP contribution is 2.16. The molecular weight excluding hydrogens is 230 g/mol. The second-order valence-electron chi connectivity index (χ2n) is 4.13. The average molecular weight is 247 g/mol. The fourth-order valence-corrected chi connectivity index (χ4v) is 2.49. The molecule has 17 heavy (non-hydrogen) atoms. The summed E-state index contributed by atoms with van der Waals surface area (Å²) >= 11 is 1.69. The summed E-state index contributed by atoms with van der Waals surface area (Å²) in [5, 5.41) is 17.5. The van der Waals surface area contributed by atoms with E-state index >= 15 is 0 Å². The zero-order valence-electron chi connectivity index (χ0n) is 9.89. The number of hydrogen-bond donors (Lipinski definition) is 2. The molecule has 0 bridgehead atoms. The van der Waals surface area contributed by atoms with Crippen molar-refractivity contribution >= 4 is 11.3 Å². The van der Waals surface area contributed by atoms with E-state index in [9.17, 15) is 5.11 Å². The van der Waals surface area contributed by atoms with Crippen LogP contribution in [0, 0.1) is 6.92 Å². The first kappa shape index (κ1) is 12.3. The van der Waals surface area contributed by atoms with Crippen molar-refractivity contribution in [3.63, 3.8) is 0 Å². The van der Waals surface area contributed by atoms with Crippen molar-refractivity contribution in [3.8, 4) is 0 Å². The maximum absolute atomic E-state index is 10.1. The lowest BCUT2D eigenvalue weighted by Crippen LogP contribution is -2.21. The summed E-state index contributed by atoms with van der Waals surface area (Å²) < 4.78 is 0. The van der Waals surface area contributed by atoms with Gasteiger partial charge in [0.15, 0.2) is 0 Å². The van der Waals surface area contributed by atoms with Crippen molar-refractivity contribution in [3.05, 3.63) is 57.8 Å². The van der Waals surface area contributed by atoms with Crippen LogP contribution >= 0.6 is 11.3 Å². The summed E-state index contributed by atoms with van der Waals surface area (Å²) in [5.74, 6) is 0. The number of aliphatic hydroxyl groups is 1. The van der Waals surface area contributed by atoms with Crippen LogP contribution in [-0.2, 0) is 6.54 Å². The van der Waals surface area contributed by atoms with Gasteiger partial charge in [0.2, 0.25) is 0 Å². The predicted octanol–water partition coefficient (Wildman–Crippen LogP) is 2.88. The Bertz CT molecular complexity index is 453. The molecule has 2 nitrogen and oxygen atoms in total. The van der Waals surface area contributed by atoms with Gasteiger partial charge in [-0.05, 0) is 40.4 Å². The molecule has 0 radical (unpaired) electrons. The summed E-state index contributed by atoms with van der Waals surface area (Å²) in [4.78, 5) is 0. The maximum atomic E-state index is 10.1. The van der Waals surface area contributed by atoms with Gasteiger partial charge in [-0.1, -0.05) is 24.3 Å². The Hall–Kier alpha value is -1.16. The van der Waals surface area contributed by atoms with E-state index in [1.54, 1.807) is 11.3 Å². The lowest BCUT2D eigenvalue weighted by atomic mass is 10.0. The molecule has 1 heterocycles. The van der Waals surface area contributed by atoms with Crippen molar-refractivity contribution in [2.75, 3.05) is 6.54 Å². The van der Waals surface area contributed by atoms with Gasteiger partial charge in [-0.15, -0.1) is 0 Å². The molecule has 0 aliphatic heterocycles. The van der Waals surface area contributed by atoms with Crippen LogP contribution in [0.25, 0.3) is 0 Å². The van der Waals surface area contributed by atoms with Crippen molar-refractivity contribution in [1.29, 1.82) is 0 Å². The van der Waals surface area contributed by atoms with E-state index in [4.69, 9.17) is 0 Å². The molecule has 2 N–H and O–H groups in total. The Balaban J connectivity index is 1.85. The molecule has 2 aromatic rings. The van der Waals surface area contributed by atoms with E-state index in [1.165, 1.54) is 5.56 Å². The van der Waals surface area contributed by atoms with Crippen LogP contribution in [0.1, 0.15) is 22.8 Å². The molecule has 1 atom stereocenters. The number of aryl methyl sites for hydroxylation is 1. The summed E-state index contributed by atoms with van der Waals surface area (Å²) in [5.41, 5.74) is 3.41. The Morgan fingerprint density at radius 1 is 1.29 bits per heavy atom. The number of rotatable bonds is 5. The van der Waals surface area contributed by atoms with Crippen molar-refractivity contribution in [2.45, 2.75) is 19.6 Å². The van der Waals surface area contributed by atoms with Crippen LogP contribution in [0.15, 0.2) is 41.1 Å². The quantitative estimate of drug-likeness (QED) is 0.851. The molecule has 0 spiro atoms. The number of hydrogen-bond acceptors (Lipinski definition) is 3. The molecule has 0 aliphatic carbocycles. The third-order valence-corrected chi connectivity index (χ3v) is 3.53. The molecule has 0 fully saturated rings. The molecule has 2 rings (SSSR count). The van der Waals surface area contributed by atoms with Gasteiger partial charge in [0.05, 0.1) is 6.10 Å². The van der Waals surface area contributed by atoms with Gasteiger partial charge in [0, 0.05) is 13.1 Å². The Kier molecular flexibility index (Phi) is 4.31. The first-order valence-corrected chi connectivity index (χ1v) is 6.67. The van der Waals surface area contributed by atoms with Gasteiger partial charge in [-0.3, -0.25) is 0 Å². The number of benzene rings is 1. The SMILES string of the molecule is Cc1ccccc1C(O)CNCc1ccsc1. The molecule has 0 aliphatic rings. The van der Waals surface area contributed by atoms with Crippen LogP contribution in [-0.4, -0.2) is 11.7 Å². The molecule has 1 unspecified atom stereocenters. The maximum Gasteiger partial charge on any atom is 0.0917 e. The third kappa shape index (κ3) is 3.40. The van der Waals surface area contributed by atoms with Gasteiger partial charge in [0.25, 0.3) is 0 Å². The first-order valence-electron chi connectivity index (χ1n) is 5.73. The minimum absolute atomic E-state index is 0.435. The molecule has 3 heteroatoms. The topological polar surface area (TPSA) is 32.3 Å². The fourth-order valence-electron chi connectivity index (χ4n) is 1.82. The number of nitrogens with one attached hydrogen (secondary N) is 1. The molecule has 1 aromatic carbocycles. The summed E-state index contributed by atoms with van der Waals surface area (Å²) in [6, 6.07) is 10.1. The van der Waals surface area contributed by atoms with Gasteiger partial charge in [-0.2, -0.15) is 11.3 Å². The molecule has 1 aromatic heterocycles. The highest BCUT2D eigenvalue weighted by atomic mass is 32.1. The predicted molar refractivity (Wildman–Crippen MR) is 72.2 cm³/mol. The van der Waals surface area contributed by atoms with Gasteiger partial charge >= 0.3 is 0 Å². The molecule has 0 saturated heterocycles. The van der Waals surface area contributed by atoms with E-state index in [0.717, 1.165) is 17.7 Å². The largest absolute Gasteiger partial charge is 0.387 e. The van der Waals surface area contributed by atoms with E-state index < -0.39 is 6.10 Å². The highest BCUT2D eigenvalue weighted by Gasteiger charge is 2.08. The van der Waals surface area contributed by atoms with Gasteiger partial charge in [-0.25, -0.2) is 0 Å². The molecule has 0 saturated carbocycles. The average Bonchev–Trinajstić information content (AvgIpc) is 2.82. The summed E-state index contributed by atoms with van der Waals surface area (Å²) in [6.07, 6.45) is -0.435. The van der Waals surface area contributed by atoms with E-state index in [0.29, 0.717) is 6.54 Å². The van der Waals surface area contributed by atoms with Crippen LogP contribution in [0.3, 0.4) is 0 Å². The number of thiophene rings is 1. The highest BCUT2D eigenvalue weighted by molar-refractivity contribution is 7.07. The molecule has 90 valence electrons. The monoisotopic (exact) mass is 247 g/mol. The lowest BCUT2D eigenvalue weighted by molar-refractivity contribution is 0.173. The minimum Gasteiger partial charge on any atom is -0.387 e. The van der Waals surface area contributed by atoms with Crippen molar-refractivity contribution in [1.82, 2.24) is 5.32 Å². The summed E-state index contributed by atoms with van der Waals surface area (Å²) in [7, 11) is 0. The second kappa shape index (κ2) is 5.96. The Morgan fingerprint density at radius 2 is 2.12 bits per heavy atom. The smallest absolute Gasteiger partial charge is 0.0917 e. The van der Waals surface area contributed by atoms with Crippen molar-refractivity contribution in [2.24, 2.45) is 0 Å². The molecular formula is C14H17NOS. The van der Waals surface area contributed by atoms with E-state index in [2.05, 4.69) is 22.1 Å². The van der Waals surface area contributed by atoms with Crippen LogP contribution in [0.5, 0.6) is 0 Å². The normalized spacial score (nSPS) is 12.6. The molecule has 0 amide bonds. The lowest BCUT2D eigenvalue weighted by Gasteiger charge is -2.14.